The van der Waals surface area contributed by atoms with Crippen LogP contribution in [0.4, 0.5) is 11.4 Å². The van der Waals surface area contributed by atoms with Gasteiger partial charge in [-0.2, -0.15) is 0 Å². The quantitative estimate of drug-likeness (QED) is 0.0758. The second-order valence-corrected chi connectivity index (χ2v) is 15.9. The minimum absolute atomic E-state index is 0.0491. The Hall–Kier alpha value is -5.05. The molecule has 0 saturated carbocycles. The zero-order chi connectivity index (χ0) is 41.0. The van der Waals surface area contributed by atoms with Crippen molar-refractivity contribution in [3.8, 4) is 5.88 Å². The largest absolute Gasteiger partial charge is 0.515 e. The van der Waals surface area contributed by atoms with Gasteiger partial charge in [-0.3, -0.25) is 39.9 Å². The Labute approximate surface area is 309 Å². The number of methoxy groups -OCH3 is 1. The number of aldehydes is 1. The first-order valence-corrected chi connectivity index (χ1v) is 16.3. The number of pyridine rings is 2. The summed E-state index contributed by atoms with van der Waals surface area (Å²) in [5, 5.41) is 40.3. The molecule has 286 valence electrons. The Morgan fingerprint density at radius 1 is 0.808 bits per heavy atom. The maximum Gasteiger partial charge on any atom is 0.331 e. The van der Waals surface area contributed by atoms with Crippen LogP contribution in [0.2, 0.25) is 5.15 Å². The van der Waals surface area contributed by atoms with Crippen molar-refractivity contribution in [1.82, 2.24) is 9.97 Å². The summed E-state index contributed by atoms with van der Waals surface area (Å²) in [7, 11) is 1.37. The fourth-order valence-corrected chi connectivity index (χ4v) is 3.93. The molecule has 2 aromatic heterocycles. The molecule has 2 heterocycles. The number of rotatable bonds is 5. The van der Waals surface area contributed by atoms with E-state index in [2.05, 4.69) is 9.97 Å². The third-order valence-electron chi connectivity index (χ3n) is 7.25. The molecule has 0 radical (unpaired) electrons. The molecule has 0 bridgehead atoms. The van der Waals surface area contributed by atoms with Crippen LogP contribution in [0.1, 0.15) is 94.2 Å². The molecule has 0 aromatic carbocycles. The van der Waals surface area contributed by atoms with Gasteiger partial charge in [0.15, 0.2) is 0 Å². The summed E-state index contributed by atoms with van der Waals surface area (Å²) in [5.41, 5.74) is 1.91. The van der Waals surface area contributed by atoms with E-state index in [1.54, 1.807) is 18.5 Å². The smallest absolute Gasteiger partial charge is 0.331 e. The van der Waals surface area contributed by atoms with Gasteiger partial charge in [-0.15, -0.1) is 0 Å². The van der Waals surface area contributed by atoms with Crippen molar-refractivity contribution in [3.63, 3.8) is 0 Å². The van der Waals surface area contributed by atoms with Gasteiger partial charge in [-0.05, 0) is 44.4 Å². The molecular weight excluding hydrogens is 698 g/mol. The monoisotopic (exact) mass is 747 g/mol. The van der Waals surface area contributed by atoms with Crippen molar-refractivity contribution >= 4 is 35.0 Å². The minimum atomic E-state index is -1.20. The number of aliphatic hydroxyl groups is 1. The number of aliphatic hydroxyl groups excluding tert-OH is 1. The minimum Gasteiger partial charge on any atom is -0.515 e. The molecule has 3 rings (SSSR count). The van der Waals surface area contributed by atoms with Crippen molar-refractivity contribution in [3.05, 3.63) is 107 Å². The van der Waals surface area contributed by atoms with Crippen LogP contribution in [0.15, 0.2) is 60.2 Å². The maximum absolute atomic E-state index is 11.1. The summed E-state index contributed by atoms with van der Waals surface area (Å²) in [6, 6.07) is 1.77. The van der Waals surface area contributed by atoms with Gasteiger partial charge in [0.25, 0.3) is 11.9 Å². The third kappa shape index (κ3) is 15.1. The first kappa shape index (κ1) is 47.0. The number of halogens is 1. The summed E-state index contributed by atoms with van der Waals surface area (Å²) >= 11 is 5.59. The van der Waals surface area contributed by atoms with E-state index in [1.165, 1.54) is 31.4 Å². The standard InChI is InChI=1S/C10H14N2O3.C10H13NO3.C9H11ClN2O2.C7H12O2/c1-10(2,3)7-5-8(12(13)14)9(15-4)11-6-7;1-10(2,3)7-4-5-9(12)8(6-7)11(13)14;1-9(2,3)6-4-7(12(13)14)8(10)11-5-6;1-7(2,3)6(4-8)5-9/h5-6H,1-4H3;4-6,8H,1-3H3;4-5H,1-3H3;4-5,8H,1-3H3/b;;;6-4+. The summed E-state index contributed by atoms with van der Waals surface area (Å²) in [6.45, 7) is 23.3. The Kier molecular flexibility index (Phi) is 17.1. The van der Waals surface area contributed by atoms with Gasteiger partial charge in [0, 0.05) is 41.1 Å². The number of carbonyl (C=O) groups excluding carboxylic acids is 2. The van der Waals surface area contributed by atoms with Gasteiger partial charge >= 0.3 is 11.4 Å². The summed E-state index contributed by atoms with van der Waals surface area (Å²) in [6.07, 6.45) is 9.06. The molecule has 1 aliphatic rings. The van der Waals surface area contributed by atoms with E-state index < -0.39 is 26.6 Å². The lowest BCUT2D eigenvalue weighted by atomic mass is 9.82. The molecule has 0 amide bonds. The lowest BCUT2D eigenvalue weighted by Crippen LogP contribution is -2.29. The predicted molar refractivity (Wildman–Crippen MR) is 199 cm³/mol. The number of aromatic nitrogens is 2. The van der Waals surface area contributed by atoms with Crippen LogP contribution in [0.5, 0.6) is 5.88 Å². The fraction of sp³-hybridized carbons (Fsp3) is 0.500. The number of ketones is 1. The average Bonchev–Trinajstić information content (AvgIpc) is 3.00. The molecule has 16 heteroatoms. The first-order chi connectivity index (χ1) is 23.5. The van der Waals surface area contributed by atoms with Gasteiger partial charge in [-0.25, -0.2) is 9.97 Å². The number of carbonyl (C=O) groups is 2. The van der Waals surface area contributed by atoms with Crippen molar-refractivity contribution in [2.24, 2.45) is 10.8 Å². The van der Waals surface area contributed by atoms with Crippen LogP contribution >= 0.6 is 11.6 Å². The second kappa shape index (κ2) is 19.0. The molecule has 1 N–H and O–H groups in total. The molecule has 2 aromatic rings. The van der Waals surface area contributed by atoms with Gasteiger partial charge in [0.2, 0.25) is 10.9 Å². The highest BCUT2D eigenvalue weighted by Gasteiger charge is 2.31. The van der Waals surface area contributed by atoms with Crippen LogP contribution in [0, 0.1) is 41.2 Å². The van der Waals surface area contributed by atoms with Crippen LogP contribution < -0.4 is 4.74 Å². The van der Waals surface area contributed by atoms with Crippen LogP contribution in [-0.2, 0) is 20.4 Å². The Morgan fingerprint density at radius 2 is 1.27 bits per heavy atom. The van der Waals surface area contributed by atoms with Crippen molar-refractivity contribution in [1.29, 1.82) is 0 Å². The number of hydrogen-bond acceptors (Lipinski definition) is 12. The van der Waals surface area contributed by atoms with E-state index in [4.69, 9.17) is 21.4 Å². The molecule has 0 fully saturated rings. The number of nitrogens with zero attached hydrogens (tertiary/aromatic N) is 5. The predicted octanol–water partition coefficient (Wildman–Crippen LogP) is 8.65. The fourth-order valence-electron chi connectivity index (χ4n) is 3.76. The van der Waals surface area contributed by atoms with Gasteiger partial charge in [-0.1, -0.05) is 101 Å². The highest BCUT2D eigenvalue weighted by molar-refractivity contribution is 6.31. The molecule has 52 heavy (non-hydrogen) atoms. The zero-order valence-electron chi connectivity index (χ0n) is 32.0. The molecule has 1 unspecified atom stereocenters. The summed E-state index contributed by atoms with van der Waals surface area (Å²) in [4.78, 5) is 59.3. The van der Waals surface area contributed by atoms with E-state index in [-0.39, 0.29) is 44.1 Å². The average molecular weight is 748 g/mol. The van der Waals surface area contributed by atoms with Crippen LogP contribution in [0.3, 0.4) is 0 Å². The number of hydrogen-bond donors (Lipinski definition) is 1. The molecule has 1 aliphatic carbocycles. The molecule has 1 atom stereocenters. The molecule has 15 nitrogen and oxygen atoms in total. The maximum atomic E-state index is 11.1. The van der Waals surface area contributed by atoms with Crippen LogP contribution in [0.25, 0.3) is 0 Å². The molecule has 0 aliphatic heterocycles. The van der Waals surface area contributed by atoms with Crippen molar-refractivity contribution < 1.29 is 34.2 Å². The second-order valence-electron chi connectivity index (χ2n) is 15.6. The van der Waals surface area contributed by atoms with Crippen LogP contribution in [-0.4, -0.2) is 55.1 Å². The van der Waals surface area contributed by atoms with E-state index in [9.17, 15) is 39.9 Å². The molecular formula is C36H50ClN5O10. The highest BCUT2D eigenvalue weighted by atomic mass is 35.5. The van der Waals surface area contributed by atoms with E-state index in [0.29, 0.717) is 11.9 Å². The number of allylic oxidation sites excluding steroid dienone is 3. The van der Waals surface area contributed by atoms with E-state index in [0.717, 1.165) is 23.0 Å². The topological polar surface area (TPSA) is 219 Å². The Morgan fingerprint density at radius 3 is 1.60 bits per heavy atom. The highest BCUT2D eigenvalue weighted by Crippen LogP contribution is 2.31. The zero-order valence-corrected chi connectivity index (χ0v) is 32.8. The van der Waals surface area contributed by atoms with Crippen molar-refractivity contribution in [2.75, 3.05) is 7.11 Å². The third-order valence-corrected chi connectivity index (χ3v) is 7.54. The number of nitro groups is 3. The lowest BCUT2D eigenvalue weighted by molar-refractivity contribution is -0.494. The normalized spacial score (nSPS) is 14.6. The first-order valence-electron chi connectivity index (χ1n) is 15.9. The molecule has 0 spiro atoms. The van der Waals surface area contributed by atoms with Gasteiger partial charge < -0.3 is 9.84 Å². The van der Waals surface area contributed by atoms with Gasteiger partial charge in [0.05, 0.1) is 23.2 Å². The van der Waals surface area contributed by atoms with Crippen molar-refractivity contribution in [2.45, 2.75) is 100.0 Å². The molecule has 0 saturated heterocycles. The SMILES string of the molecule is CC(C)(C)/C(C=O)=C/O.CC(C)(C)C1=CC([N+](=O)[O-])C(=O)C=C1.CC(C)(C)c1cnc(Cl)c([N+](=O)[O-])c1.COc1ncc(C(C)(C)C)cc1[N+](=O)[O-]. The van der Waals surface area contributed by atoms with E-state index >= 15 is 0 Å². The number of ether oxygens (including phenoxy) is 1. The lowest BCUT2D eigenvalue weighted by Gasteiger charge is -2.22. The summed E-state index contributed by atoms with van der Waals surface area (Å²) in [5.74, 6) is -0.406. The summed E-state index contributed by atoms with van der Waals surface area (Å²) < 4.78 is 4.82. The van der Waals surface area contributed by atoms with Gasteiger partial charge in [0.1, 0.15) is 6.29 Å². The Bertz CT molecular complexity index is 1710. The Balaban J connectivity index is 0.000000677. The van der Waals surface area contributed by atoms with E-state index in [1.807, 2.05) is 83.1 Å².